The molecule has 1 rings (SSSR count). The lowest BCUT2D eigenvalue weighted by atomic mass is 10.2. The van der Waals surface area contributed by atoms with Crippen molar-refractivity contribution in [1.82, 2.24) is 5.32 Å². The van der Waals surface area contributed by atoms with E-state index in [9.17, 15) is 9.18 Å². The zero-order chi connectivity index (χ0) is 15.5. The van der Waals surface area contributed by atoms with Gasteiger partial charge in [0, 0.05) is 12.1 Å². The fraction of sp³-hybridized carbons (Fsp3) is 0.562. The number of ether oxygens (including phenoxy) is 2. The number of halogens is 1. The maximum absolute atomic E-state index is 13.8. The SMILES string of the molecule is CCCCOC(=O)COc1c(F)cccc1CNCCC. The summed E-state index contributed by atoms with van der Waals surface area (Å²) in [7, 11) is 0. The molecular formula is C16H24FNO3. The van der Waals surface area contributed by atoms with Crippen LogP contribution in [0.1, 0.15) is 38.7 Å². The molecule has 0 aliphatic carbocycles. The second kappa shape index (κ2) is 10.2. The molecule has 118 valence electrons. The van der Waals surface area contributed by atoms with Crippen LogP contribution < -0.4 is 10.1 Å². The maximum Gasteiger partial charge on any atom is 0.344 e. The van der Waals surface area contributed by atoms with Crippen molar-refractivity contribution >= 4 is 5.97 Å². The summed E-state index contributed by atoms with van der Waals surface area (Å²) in [5, 5.41) is 3.19. The third kappa shape index (κ3) is 6.58. The molecule has 0 saturated carbocycles. The topological polar surface area (TPSA) is 47.6 Å². The van der Waals surface area contributed by atoms with Crippen LogP contribution in [0.5, 0.6) is 5.75 Å². The zero-order valence-electron chi connectivity index (χ0n) is 12.8. The number of benzene rings is 1. The van der Waals surface area contributed by atoms with Crippen LogP contribution in [0.4, 0.5) is 4.39 Å². The summed E-state index contributed by atoms with van der Waals surface area (Å²) < 4.78 is 24.1. The lowest BCUT2D eigenvalue weighted by molar-refractivity contribution is -0.146. The first-order valence-corrected chi connectivity index (χ1v) is 7.45. The van der Waals surface area contributed by atoms with Crippen LogP contribution in [0, 0.1) is 5.82 Å². The van der Waals surface area contributed by atoms with Gasteiger partial charge in [0.1, 0.15) is 0 Å². The minimum atomic E-state index is -0.473. The minimum Gasteiger partial charge on any atom is -0.478 e. The first-order chi connectivity index (χ1) is 10.2. The van der Waals surface area contributed by atoms with E-state index in [1.807, 2.05) is 6.92 Å². The average Bonchev–Trinajstić information content (AvgIpc) is 2.47. The summed E-state index contributed by atoms with van der Waals surface area (Å²) in [6.07, 6.45) is 2.77. The van der Waals surface area contributed by atoms with E-state index >= 15 is 0 Å². The molecule has 0 aromatic heterocycles. The van der Waals surface area contributed by atoms with E-state index in [4.69, 9.17) is 9.47 Å². The van der Waals surface area contributed by atoms with Crippen LogP contribution in [-0.2, 0) is 16.1 Å². The lowest BCUT2D eigenvalue weighted by Crippen LogP contribution is -2.18. The van der Waals surface area contributed by atoms with Crippen LogP contribution in [0.2, 0.25) is 0 Å². The molecule has 0 aliphatic heterocycles. The highest BCUT2D eigenvalue weighted by Gasteiger charge is 2.12. The zero-order valence-corrected chi connectivity index (χ0v) is 12.8. The average molecular weight is 297 g/mol. The number of para-hydroxylation sites is 1. The van der Waals surface area contributed by atoms with Crippen LogP contribution in [0.3, 0.4) is 0 Å². The molecule has 21 heavy (non-hydrogen) atoms. The number of carbonyl (C=O) groups excluding carboxylic acids is 1. The van der Waals surface area contributed by atoms with E-state index < -0.39 is 11.8 Å². The van der Waals surface area contributed by atoms with Gasteiger partial charge in [0.25, 0.3) is 0 Å². The molecule has 0 unspecified atom stereocenters. The van der Waals surface area contributed by atoms with Crippen LogP contribution >= 0.6 is 0 Å². The number of unbranched alkanes of at least 4 members (excludes halogenated alkanes) is 1. The Kier molecular flexibility index (Phi) is 8.43. The minimum absolute atomic E-state index is 0.119. The van der Waals surface area contributed by atoms with Gasteiger partial charge in [-0.15, -0.1) is 0 Å². The van der Waals surface area contributed by atoms with Gasteiger partial charge < -0.3 is 14.8 Å². The molecular weight excluding hydrogens is 273 g/mol. The van der Waals surface area contributed by atoms with Crippen molar-refractivity contribution in [2.75, 3.05) is 19.8 Å². The van der Waals surface area contributed by atoms with E-state index in [0.29, 0.717) is 18.7 Å². The smallest absolute Gasteiger partial charge is 0.344 e. The predicted molar refractivity (Wildman–Crippen MR) is 79.8 cm³/mol. The van der Waals surface area contributed by atoms with Crippen LogP contribution in [-0.4, -0.2) is 25.7 Å². The molecule has 1 aromatic rings. The largest absolute Gasteiger partial charge is 0.478 e. The molecule has 0 spiro atoms. The van der Waals surface area contributed by atoms with Crippen molar-refractivity contribution in [2.24, 2.45) is 0 Å². The highest BCUT2D eigenvalue weighted by molar-refractivity contribution is 5.71. The van der Waals surface area contributed by atoms with Gasteiger partial charge in [-0.3, -0.25) is 0 Å². The normalized spacial score (nSPS) is 10.4. The monoisotopic (exact) mass is 297 g/mol. The molecule has 1 N–H and O–H groups in total. The third-order valence-electron chi connectivity index (χ3n) is 2.89. The van der Waals surface area contributed by atoms with E-state index in [1.165, 1.54) is 6.07 Å². The van der Waals surface area contributed by atoms with Crippen molar-refractivity contribution in [3.8, 4) is 5.75 Å². The van der Waals surface area contributed by atoms with Gasteiger partial charge in [-0.25, -0.2) is 9.18 Å². The van der Waals surface area contributed by atoms with Gasteiger partial charge in [-0.1, -0.05) is 32.4 Å². The van der Waals surface area contributed by atoms with Crippen molar-refractivity contribution in [3.05, 3.63) is 29.6 Å². The van der Waals surface area contributed by atoms with Crippen LogP contribution in [0.25, 0.3) is 0 Å². The second-order valence-electron chi connectivity index (χ2n) is 4.77. The fourth-order valence-electron chi connectivity index (χ4n) is 1.76. The van der Waals surface area contributed by atoms with Gasteiger partial charge in [0.2, 0.25) is 0 Å². The Morgan fingerprint density at radius 1 is 1.29 bits per heavy atom. The Labute approximate surface area is 125 Å². The molecule has 5 heteroatoms. The first kappa shape index (κ1) is 17.4. The first-order valence-electron chi connectivity index (χ1n) is 7.45. The quantitative estimate of drug-likeness (QED) is 0.532. The van der Waals surface area contributed by atoms with E-state index in [2.05, 4.69) is 12.2 Å². The molecule has 0 aliphatic rings. The molecule has 0 fully saturated rings. The Bertz CT molecular complexity index is 438. The molecule has 0 bridgehead atoms. The van der Waals surface area contributed by atoms with Gasteiger partial charge in [-0.05, 0) is 25.5 Å². The summed E-state index contributed by atoms with van der Waals surface area (Å²) in [4.78, 5) is 11.5. The highest BCUT2D eigenvalue weighted by Crippen LogP contribution is 2.22. The van der Waals surface area contributed by atoms with Crippen molar-refractivity contribution in [1.29, 1.82) is 0 Å². The molecule has 0 radical (unpaired) electrons. The number of hydrogen-bond acceptors (Lipinski definition) is 4. The molecule has 0 amide bonds. The van der Waals surface area contributed by atoms with Gasteiger partial charge in [0.05, 0.1) is 6.61 Å². The number of carbonyl (C=O) groups is 1. The van der Waals surface area contributed by atoms with Crippen molar-refractivity contribution in [2.45, 2.75) is 39.7 Å². The van der Waals surface area contributed by atoms with Gasteiger partial charge in [-0.2, -0.15) is 0 Å². The third-order valence-corrected chi connectivity index (χ3v) is 2.89. The van der Waals surface area contributed by atoms with Crippen LogP contribution in [0.15, 0.2) is 18.2 Å². The lowest BCUT2D eigenvalue weighted by Gasteiger charge is -2.12. The van der Waals surface area contributed by atoms with Crippen molar-refractivity contribution in [3.63, 3.8) is 0 Å². The number of esters is 1. The van der Waals surface area contributed by atoms with Crippen molar-refractivity contribution < 1.29 is 18.7 Å². The van der Waals surface area contributed by atoms with E-state index in [-0.39, 0.29) is 12.4 Å². The fourth-order valence-corrected chi connectivity index (χ4v) is 1.76. The van der Waals surface area contributed by atoms with Gasteiger partial charge in [0.15, 0.2) is 18.2 Å². The Hall–Kier alpha value is -1.62. The summed E-state index contributed by atoms with van der Waals surface area (Å²) in [6.45, 7) is 5.52. The molecule has 0 heterocycles. The van der Waals surface area contributed by atoms with E-state index in [1.54, 1.807) is 12.1 Å². The molecule has 0 atom stereocenters. The summed E-state index contributed by atoms with van der Waals surface area (Å²) in [6, 6.07) is 4.73. The Morgan fingerprint density at radius 3 is 2.81 bits per heavy atom. The summed E-state index contributed by atoms with van der Waals surface area (Å²) >= 11 is 0. The number of rotatable bonds is 10. The molecule has 1 aromatic carbocycles. The number of hydrogen-bond donors (Lipinski definition) is 1. The second-order valence-corrected chi connectivity index (χ2v) is 4.77. The Morgan fingerprint density at radius 2 is 2.10 bits per heavy atom. The van der Waals surface area contributed by atoms with Gasteiger partial charge >= 0.3 is 5.97 Å². The number of nitrogens with one attached hydrogen (secondary N) is 1. The van der Waals surface area contributed by atoms with E-state index in [0.717, 1.165) is 25.8 Å². The highest BCUT2D eigenvalue weighted by atomic mass is 19.1. The molecule has 4 nitrogen and oxygen atoms in total. The summed E-state index contributed by atoms with van der Waals surface area (Å²) in [5.74, 6) is -0.820. The summed E-state index contributed by atoms with van der Waals surface area (Å²) in [5.41, 5.74) is 0.699. The predicted octanol–water partition coefficient (Wildman–Crippen LogP) is 3.05. The maximum atomic E-state index is 13.8. The standard InChI is InChI=1S/C16H24FNO3/c1-3-5-10-20-15(19)12-21-16-13(11-18-9-4-2)7-6-8-14(16)17/h6-8,18H,3-5,9-12H2,1-2H3. The molecule has 0 saturated heterocycles. The Balaban J connectivity index is 2.54.